The van der Waals surface area contributed by atoms with Crippen LogP contribution in [0.5, 0.6) is 5.75 Å². The number of nitrogens with zero attached hydrogens (tertiary/aromatic N) is 3. The van der Waals surface area contributed by atoms with E-state index in [2.05, 4.69) is 4.90 Å². The van der Waals surface area contributed by atoms with Crippen LogP contribution < -0.4 is 10.3 Å². The highest BCUT2D eigenvalue weighted by Crippen LogP contribution is 2.34. The summed E-state index contributed by atoms with van der Waals surface area (Å²) in [5.74, 6) is 0.510. The zero-order valence-corrected chi connectivity index (χ0v) is 19.2. The molecule has 1 aliphatic rings. The van der Waals surface area contributed by atoms with Crippen LogP contribution in [0.2, 0.25) is 0 Å². The van der Waals surface area contributed by atoms with Crippen molar-refractivity contribution in [3.63, 3.8) is 0 Å². The fourth-order valence-electron chi connectivity index (χ4n) is 4.36. The minimum absolute atomic E-state index is 0.0296. The highest BCUT2D eigenvalue weighted by Gasteiger charge is 2.36. The zero-order valence-electron chi connectivity index (χ0n) is 19.2. The Kier molecular flexibility index (Phi) is 7.57. The number of benzene rings is 2. The summed E-state index contributed by atoms with van der Waals surface area (Å²) in [6.45, 7) is 3.35. The van der Waals surface area contributed by atoms with E-state index in [9.17, 15) is 23.2 Å². The third kappa shape index (κ3) is 5.92. The van der Waals surface area contributed by atoms with Gasteiger partial charge in [-0.2, -0.15) is 18.4 Å². The normalized spacial score (nSPS) is 14.5. The quantitative estimate of drug-likeness (QED) is 0.458. The van der Waals surface area contributed by atoms with Crippen molar-refractivity contribution in [2.24, 2.45) is 0 Å². The van der Waals surface area contributed by atoms with Crippen molar-refractivity contribution < 1.29 is 17.9 Å². The molecule has 1 saturated heterocycles. The Bertz CT molecular complexity index is 1260. The molecule has 2 aromatic carbocycles. The van der Waals surface area contributed by atoms with Crippen molar-refractivity contribution in [1.29, 1.82) is 5.26 Å². The van der Waals surface area contributed by atoms with Gasteiger partial charge in [-0.15, -0.1) is 0 Å². The Morgan fingerprint density at radius 2 is 1.71 bits per heavy atom. The number of ether oxygens (including phenoxy) is 1. The van der Waals surface area contributed by atoms with Crippen LogP contribution in [0, 0.1) is 11.3 Å². The van der Waals surface area contributed by atoms with E-state index in [0.717, 1.165) is 31.3 Å². The number of piperidine rings is 1. The van der Waals surface area contributed by atoms with Gasteiger partial charge in [0.1, 0.15) is 24.0 Å². The lowest BCUT2D eigenvalue weighted by atomic mass is 10.0. The van der Waals surface area contributed by atoms with E-state index < -0.39 is 22.9 Å². The van der Waals surface area contributed by atoms with Gasteiger partial charge in [0.15, 0.2) is 0 Å². The van der Waals surface area contributed by atoms with Crippen LogP contribution in [0.25, 0.3) is 11.3 Å². The smallest absolute Gasteiger partial charge is 0.417 e. The first-order valence-electron chi connectivity index (χ1n) is 11.6. The second kappa shape index (κ2) is 10.8. The first-order valence-corrected chi connectivity index (χ1v) is 11.6. The summed E-state index contributed by atoms with van der Waals surface area (Å²) >= 11 is 0. The molecule has 0 radical (unpaired) electrons. The second-order valence-electron chi connectivity index (χ2n) is 8.58. The highest BCUT2D eigenvalue weighted by molar-refractivity contribution is 5.64. The third-order valence-corrected chi connectivity index (χ3v) is 6.16. The number of halogens is 3. The lowest BCUT2D eigenvalue weighted by molar-refractivity contribution is -0.137. The van der Waals surface area contributed by atoms with Crippen LogP contribution in [0.4, 0.5) is 13.2 Å². The summed E-state index contributed by atoms with van der Waals surface area (Å²) in [5.41, 5.74) is -1.91. The van der Waals surface area contributed by atoms with Gasteiger partial charge in [-0.05, 0) is 49.7 Å². The summed E-state index contributed by atoms with van der Waals surface area (Å²) in [6, 6.07) is 18.0. The number of hydrogen-bond acceptors (Lipinski definition) is 4. The Morgan fingerprint density at radius 3 is 2.40 bits per heavy atom. The van der Waals surface area contributed by atoms with Crippen molar-refractivity contribution in [1.82, 2.24) is 9.47 Å². The van der Waals surface area contributed by atoms with E-state index in [0.29, 0.717) is 17.9 Å². The van der Waals surface area contributed by atoms with Gasteiger partial charge in [-0.1, -0.05) is 48.9 Å². The van der Waals surface area contributed by atoms with Gasteiger partial charge in [0.05, 0.1) is 17.8 Å². The van der Waals surface area contributed by atoms with Crippen molar-refractivity contribution in [3.8, 4) is 23.1 Å². The zero-order chi connectivity index (χ0) is 24.8. The van der Waals surface area contributed by atoms with Gasteiger partial charge >= 0.3 is 6.18 Å². The summed E-state index contributed by atoms with van der Waals surface area (Å²) in [7, 11) is 0. The fourth-order valence-corrected chi connectivity index (χ4v) is 4.36. The van der Waals surface area contributed by atoms with E-state index in [4.69, 9.17) is 4.74 Å². The fraction of sp³-hybridized carbons (Fsp3) is 0.333. The van der Waals surface area contributed by atoms with Gasteiger partial charge in [0, 0.05) is 12.1 Å². The first-order chi connectivity index (χ1) is 16.9. The molecule has 0 aliphatic carbocycles. The van der Waals surface area contributed by atoms with E-state index in [-0.39, 0.29) is 12.2 Å². The van der Waals surface area contributed by atoms with Crippen LogP contribution >= 0.6 is 0 Å². The number of nitriles is 1. The van der Waals surface area contributed by atoms with Crippen LogP contribution in [-0.4, -0.2) is 35.7 Å². The summed E-state index contributed by atoms with van der Waals surface area (Å²) in [6.07, 6.45) is -1.24. The molecule has 3 aromatic rings. The van der Waals surface area contributed by atoms with E-state index in [1.165, 1.54) is 29.9 Å². The lowest BCUT2D eigenvalue weighted by Crippen LogP contribution is -2.33. The molecule has 0 unspecified atom stereocenters. The number of rotatable bonds is 7. The van der Waals surface area contributed by atoms with Gasteiger partial charge < -0.3 is 9.30 Å². The Hall–Kier alpha value is -3.57. The minimum Gasteiger partial charge on any atom is -0.492 e. The second-order valence-corrected chi connectivity index (χ2v) is 8.58. The maximum Gasteiger partial charge on any atom is 0.417 e. The molecule has 35 heavy (non-hydrogen) atoms. The molecule has 2 heterocycles. The van der Waals surface area contributed by atoms with E-state index in [1.54, 1.807) is 48.5 Å². The van der Waals surface area contributed by atoms with Crippen LogP contribution in [0.15, 0.2) is 65.5 Å². The predicted octanol–water partition coefficient (Wildman–Crippen LogP) is 5.32. The van der Waals surface area contributed by atoms with Crippen LogP contribution in [-0.2, 0) is 12.7 Å². The maximum absolute atomic E-state index is 13.8. The first kappa shape index (κ1) is 24.6. The standard InChI is InChI=1S/C27H26F3N3O2/c28-27(29,30)24-17-25(33(26(34)23(24)18-31)19-20-8-3-1-4-9-20)21-10-7-11-22(16-21)35-15-14-32-12-5-2-6-13-32/h1,3-4,7-11,16-17H,2,5-6,12-15,19H2. The maximum atomic E-state index is 13.8. The average Bonchev–Trinajstić information content (AvgIpc) is 2.86. The third-order valence-electron chi connectivity index (χ3n) is 6.16. The number of alkyl halides is 3. The van der Waals surface area contributed by atoms with Crippen LogP contribution in [0.3, 0.4) is 0 Å². The van der Waals surface area contributed by atoms with Crippen molar-refractivity contribution >= 4 is 0 Å². The van der Waals surface area contributed by atoms with Crippen molar-refractivity contribution in [2.45, 2.75) is 32.0 Å². The average molecular weight is 482 g/mol. The Labute approximate surface area is 202 Å². The molecule has 0 N–H and O–H groups in total. The molecule has 1 fully saturated rings. The molecule has 1 aliphatic heterocycles. The molecular formula is C27H26F3N3O2. The molecule has 0 spiro atoms. The van der Waals surface area contributed by atoms with Gasteiger partial charge in [-0.3, -0.25) is 9.69 Å². The molecule has 8 heteroatoms. The van der Waals surface area contributed by atoms with E-state index >= 15 is 0 Å². The molecule has 182 valence electrons. The van der Waals surface area contributed by atoms with Crippen molar-refractivity contribution in [2.75, 3.05) is 26.2 Å². The molecule has 0 bridgehead atoms. The van der Waals surface area contributed by atoms with E-state index in [1.807, 2.05) is 6.07 Å². The van der Waals surface area contributed by atoms with Crippen molar-refractivity contribution in [3.05, 3.63) is 87.7 Å². The number of pyridine rings is 1. The van der Waals surface area contributed by atoms with Gasteiger partial charge in [0.25, 0.3) is 5.56 Å². The summed E-state index contributed by atoms with van der Waals surface area (Å²) in [4.78, 5) is 15.4. The number of likely N-dealkylation sites (tertiary alicyclic amines) is 1. The molecule has 4 rings (SSSR count). The summed E-state index contributed by atoms with van der Waals surface area (Å²) in [5, 5.41) is 9.38. The van der Waals surface area contributed by atoms with Crippen LogP contribution in [0.1, 0.15) is 36.0 Å². The predicted molar refractivity (Wildman–Crippen MR) is 127 cm³/mol. The monoisotopic (exact) mass is 481 g/mol. The number of hydrogen-bond donors (Lipinski definition) is 0. The molecule has 5 nitrogen and oxygen atoms in total. The topological polar surface area (TPSA) is 58.3 Å². The Morgan fingerprint density at radius 1 is 0.971 bits per heavy atom. The molecule has 0 amide bonds. The molecule has 1 aromatic heterocycles. The van der Waals surface area contributed by atoms with Gasteiger partial charge in [-0.25, -0.2) is 0 Å². The molecule has 0 atom stereocenters. The SMILES string of the molecule is N#Cc1c(C(F)(F)F)cc(-c2cccc(OCCN3CCCCC3)c2)n(Cc2ccccc2)c1=O. The molecule has 0 saturated carbocycles. The highest BCUT2D eigenvalue weighted by atomic mass is 19.4. The van der Waals surface area contributed by atoms with Gasteiger partial charge in [0.2, 0.25) is 0 Å². The molecular weight excluding hydrogens is 455 g/mol. The minimum atomic E-state index is -4.84. The largest absolute Gasteiger partial charge is 0.492 e. The lowest BCUT2D eigenvalue weighted by Gasteiger charge is -2.26. The summed E-state index contributed by atoms with van der Waals surface area (Å²) < 4.78 is 48.4. The Balaban J connectivity index is 1.70. The number of aromatic nitrogens is 1.